The molecule has 21 heavy (non-hydrogen) atoms. The molecule has 0 radical (unpaired) electrons. The van der Waals surface area contributed by atoms with Crippen LogP contribution in [0.5, 0.6) is 5.75 Å². The van der Waals surface area contributed by atoms with Gasteiger partial charge in [0.2, 0.25) is 0 Å². The van der Waals surface area contributed by atoms with Gasteiger partial charge >= 0.3 is 0 Å². The topological polar surface area (TPSA) is 97.0 Å². The molecule has 8 heteroatoms. The Morgan fingerprint density at radius 2 is 2.38 bits per heavy atom. The van der Waals surface area contributed by atoms with Crippen molar-refractivity contribution in [1.82, 2.24) is 5.32 Å². The molecule has 0 aliphatic rings. The van der Waals surface area contributed by atoms with Crippen molar-refractivity contribution >= 4 is 17.4 Å². The van der Waals surface area contributed by atoms with E-state index < -0.39 is 17.6 Å². The number of nitrogens with zero attached hydrogens (tertiary/aromatic N) is 2. The fourth-order valence-corrected chi connectivity index (χ4v) is 1.72. The van der Waals surface area contributed by atoms with Crippen LogP contribution in [0, 0.1) is 10.1 Å². The van der Waals surface area contributed by atoms with Crippen molar-refractivity contribution in [3.8, 4) is 5.75 Å². The fraction of sp³-hybridized carbons (Fsp3) is 0.462. The van der Waals surface area contributed by atoms with Crippen molar-refractivity contribution in [2.45, 2.75) is 6.10 Å². The number of hydrogen-bond donors (Lipinski definition) is 2. The van der Waals surface area contributed by atoms with E-state index in [9.17, 15) is 15.2 Å². The maximum absolute atomic E-state index is 10.5. The van der Waals surface area contributed by atoms with Gasteiger partial charge in [-0.05, 0) is 17.7 Å². The summed E-state index contributed by atoms with van der Waals surface area (Å²) in [6.07, 6.45) is -0.861. The van der Waals surface area contributed by atoms with Gasteiger partial charge < -0.3 is 15.2 Å². The third-order valence-electron chi connectivity index (χ3n) is 2.64. The highest BCUT2D eigenvalue weighted by Crippen LogP contribution is 2.19. The molecule has 1 aromatic rings. The number of rotatable bonds is 8. The Balaban J connectivity index is 2.70. The van der Waals surface area contributed by atoms with Gasteiger partial charge in [0.05, 0.1) is 19.8 Å². The van der Waals surface area contributed by atoms with E-state index in [1.165, 1.54) is 7.11 Å². The number of hydrogen-bond acceptors (Lipinski definition) is 5. The first-order valence-corrected chi connectivity index (χ1v) is 6.87. The first-order valence-electron chi connectivity index (χ1n) is 6.33. The van der Waals surface area contributed by atoms with Crippen LogP contribution in [-0.2, 0) is 0 Å². The van der Waals surface area contributed by atoms with E-state index in [1.54, 1.807) is 24.3 Å². The lowest BCUT2D eigenvalue weighted by Gasteiger charge is -2.11. The number of amidine groups is 1. The molecule has 0 saturated carbocycles. The molecule has 0 amide bonds. The fourth-order valence-electron chi connectivity index (χ4n) is 1.63. The number of aliphatic hydroxyl groups is 1. The summed E-state index contributed by atoms with van der Waals surface area (Å²) in [5, 5.41) is 23.4. The molecule has 0 aliphatic heterocycles. The highest BCUT2D eigenvalue weighted by atomic mass is 35.5. The van der Waals surface area contributed by atoms with Crippen molar-refractivity contribution in [2.24, 2.45) is 4.99 Å². The van der Waals surface area contributed by atoms with Crippen LogP contribution in [0.1, 0.15) is 11.7 Å². The Hall–Kier alpha value is -1.86. The molecule has 1 aromatic carbocycles. The van der Waals surface area contributed by atoms with Crippen LogP contribution in [0.15, 0.2) is 29.3 Å². The Morgan fingerprint density at radius 3 is 3.00 bits per heavy atom. The number of alkyl halides is 1. The van der Waals surface area contributed by atoms with Gasteiger partial charge in [0.15, 0.2) is 5.84 Å². The second-order valence-electron chi connectivity index (χ2n) is 4.19. The zero-order valence-electron chi connectivity index (χ0n) is 11.7. The Bertz CT molecular complexity index is 496. The van der Waals surface area contributed by atoms with E-state index >= 15 is 0 Å². The standard InChI is InChI=1S/C13H18ClN3O4/c1-21-11-4-2-3-10(7-11)12(18)8-16-13(9-17(19)20)15-6-5-14/h2-4,7,12,18H,5-6,8-9H2,1H3,(H,15,16). The lowest BCUT2D eigenvalue weighted by molar-refractivity contribution is -0.463. The number of aliphatic imine (C=N–C) groups is 1. The molecule has 0 fully saturated rings. The minimum Gasteiger partial charge on any atom is -0.497 e. The third-order valence-corrected chi connectivity index (χ3v) is 2.83. The van der Waals surface area contributed by atoms with E-state index in [0.29, 0.717) is 23.7 Å². The predicted molar refractivity (Wildman–Crippen MR) is 80.8 cm³/mol. The van der Waals surface area contributed by atoms with E-state index in [2.05, 4.69) is 10.3 Å². The molecule has 0 saturated heterocycles. The van der Waals surface area contributed by atoms with Gasteiger partial charge in [-0.3, -0.25) is 15.1 Å². The molecule has 0 aliphatic carbocycles. The van der Waals surface area contributed by atoms with E-state index in [1.807, 2.05) is 0 Å². The lowest BCUT2D eigenvalue weighted by atomic mass is 10.1. The van der Waals surface area contributed by atoms with Crippen LogP contribution in [0.4, 0.5) is 0 Å². The number of ether oxygens (including phenoxy) is 1. The molecule has 116 valence electrons. The molecule has 2 N–H and O–H groups in total. The smallest absolute Gasteiger partial charge is 0.259 e. The lowest BCUT2D eigenvalue weighted by Crippen LogP contribution is -2.32. The van der Waals surface area contributed by atoms with Gasteiger partial charge in [-0.1, -0.05) is 12.1 Å². The maximum atomic E-state index is 10.5. The van der Waals surface area contributed by atoms with Crippen LogP contribution < -0.4 is 10.1 Å². The number of benzene rings is 1. The number of nitro groups is 1. The average molecular weight is 316 g/mol. The summed E-state index contributed by atoms with van der Waals surface area (Å²) in [7, 11) is 1.54. The molecule has 0 spiro atoms. The number of methoxy groups -OCH3 is 1. The minimum atomic E-state index is -0.861. The zero-order chi connectivity index (χ0) is 15.7. The summed E-state index contributed by atoms with van der Waals surface area (Å²) in [6.45, 7) is -0.0309. The molecule has 0 heterocycles. The zero-order valence-corrected chi connectivity index (χ0v) is 12.4. The van der Waals surface area contributed by atoms with E-state index in [-0.39, 0.29) is 12.4 Å². The quantitative estimate of drug-likeness (QED) is 0.247. The normalized spacial score (nSPS) is 12.8. The van der Waals surface area contributed by atoms with Crippen LogP contribution in [0.2, 0.25) is 0 Å². The molecule has 0 aromatic heterocycles. The number of halogens is 1. The van der Waals surface area contributed by atoms with Crippen LogP contribution >= 0.6 is 11.6 Å². The Labute approximate surface area is 127 Å². The highest BCUT2D eigenvalue weighted by Gasteiger charge is 2.11. The van der Waals surface area contributed by atoms with Crippen molar-refractivity contribution in [1.29, 1.82) is 0 Å². The predicted octanol–water partition coefficient (Wildman–Crippen LogP) is 1.23. The largest absolute Gasteiger partial charge is 0.497 e. The summed E-state index contributed by atoms with van der Waals surface area (Å²) in [4.78, 5) is 14.1. The summed E-state index contributed by atoms with van der Waals surface area (Å²) >= 11 is 5.52. The SMILES string of the molecule is COc1cccc(C(O)CN=C(C[N+](=O)[O-])NCCCl)c1. The first kappa shape index (κ1) is 17.2. The summed E-state index contributed by atoms with van der Waals surface area (Å²) < 4.78 is 5.07. The maximum Gasteiger partial charge on any atom is 0.259 e. The van der Waals surface area contributed by atoms with Crippen molar-refractivity contribution in [3.05, 3.63) is 39.9 Å². The van der Waals surface area contributed by atoms with E-state index in [4.69, 9.17) is 16.3 Å². The van der Waals surface area contributed by atoms with Crippen molar-refractivity contribution in [2.75, 3.05) is 32.6 Å². The van der Waals surface area contributed by atoms with Gasteiger partial charge in [0, 0.05) is 17.3 Å². The molecule has 1 atom stereocenters. The van der Waals surface area contributed by atoms with Crippen LogP contribution in [-0.4, -0.2) is 48.5 Å². The monoisotopic (exact) mass is 315 g/mol. The molecule has 0 bridgehead atoms. The Morgan fingerprint density at radius 1 is 1.62 bits per heavy atom. The van der Waals surface area contributed by atoms with Gasteiger partial charge in [-0.25, -0.2) is 0 Å². The summed E-state index contributed by atoms with van der Waals surface area (Å²) in [5.41, 5.74) is 0.635. The molecule has 1 unspecified atom stereocenters. The molecular formula is C13H18ClN3O4. The van der Waals surface area contributed by atoms with Gasteiger partial charge in [0.25, 0.3) is 6.54 Å². The summed E-state index contributed by atoms with van der Waals surface area (Å²) in [6, 6.07) is 6.95. The van der Waals surface area contributed by atoms with Crippen LogP contribution in [0.3, 0.4) is 0 Å². The second-order valence-corrected chi connectivity index (χ2v) is 4.56. The van der Waals surface area contributed by atoms with Gasteiger partial charge in [0.1, 0.15) is 5.75 Å². The van der Waals surface area contributed by atoms with E-state index in [0.717, 1.165) is 0 Å². The minimum absolute atomic E-state index is 0.0195. The van der Waals surface area contributed by atoms with Gasteiger partial charge in [-0.2, -0.15) is 0 Å². The molecular weight excluding hydrogens is 298 g/mol. The van der Waals surface area contributed by atoms with Crippen molar-refractivity contribution < 1.29 is 14.8 Å². The molecule has 7 nitrogen and oxygen atoms in total. The van der Waals surface area contributed by atoms with Crippen molar-refractivity contribution in [3.63, 3.8) is 0 Å². The highest BCUT2D eigenvalue weighted by molar-refractivity contribution is 6.18. The Kier molecular flexibility index (Phi) is 7.49. The molecule has 1 rings (SSSR count). The third kappa shape index (κ3) is 6.42. The first-order chi connectivity index (χ1) is 10.1. The average Bonchev–Trinajstić information content (AvgIpc) is 2.49. The van der Waals surface area contributed by atoms with Gasteiger partial charge in [-0.15, -0.1) is 11.6 Å². The van der Waals surface area contributed by atoms with Crippen LogP contribution in [0.25, 0.3) is 0 Å². The summed E-state index contributed by atoms with van der Waals surface area (Å²) in [5.74, 6) is 1.14. The number of nitrogens with one attached hydrogen (secondary N) is 1. The number of aliphatic hydroxyl groups excluding tert-OH is 1. The second kappa shape index (κ2) is 9.15.